The van der Waals surface area contributed by atoms with Crippen molar-refractivity contribution >= 4 is 5.97 Å². The second-order valence-corrected chi connectivity index (χ2v) is 4.69. The van der Waals surface area contributed by atoms with E-state index in [0.717, 1.165) is 25.9 Å². The summed E-state index contributed by atoms with van der Waals surface area (Å²) >= 11 is 0. The summed E-state index contributed by atoms with van der Waals surface area (Å²) in [5.41, 5.74) is 0.206. The summed E-state index contributed by atoms with van der Waals surface area (Å²) < 4.78 is 10.9. The van der Waals surface area contributed by atoms with Crippen LogP contribution in [-0.2, 0) is 0 Å². The Morgan fingerprint density at radius 2 is 2.32 bits per heavy atom. The average molecular weight is 265 g/mol. The molecule has 5 nitrogen and oxygen atoms in total. The van der Waals surface area contributed by atoms with E-state index < -0.39 is 5.97 Å². The van der Waals surface area contributed by atoms with Crippen LogP contribution in [0.25, 0.3) is 0 Å². The van der Waals surface area contributed by atoms with E-state index in [-0.39, 0.29) is 5.56 Å². The molecule has 1 heterocycles. The van der Waals surface area contributed by atoms with E-state index in [1.807, 2.05) is 0 Å². The molecule has 0 saturated carbocycles. The normalized spacial score (nSPS) is 18.9. The fourth-order valence-electron chi connectivity index (χ4n) is 2.20. The van der Waals surface area contributed by atoms with Crippen molar-refractivity contribution in [2.45, 2.75) is 12.8 Å². The molecule has 2 N–H and O–H groups in total. The summed E-state index contributed by atoms with van der Waals surface area (Å²) in [6.45, 7) is 2.59. The Morgan fingerprint density at radius 3 is 2.95 bits per heavy atom. The Morgan fingerprint density at radius 1 is 1.47 bits per heavy atom. The van der Waals surface area contributed by atoms with Crippen molar-refractivity contribution in [3.63, 3.8) is 0 Å². The third-order valence-corrected chi connectivity index (χ3v) is 3.28. The van der Waals surface area contributed by atoms with Crippen LogP contribution in [0.5, 0.6) is 11.5 Å². The number of nitrogens with one attached hydrogen (secondary N) is 1. The first-order valence-corrected chi connectivity index (χ1v) is 6.45. The van der Waals surface area contributed by atoms with Gasteiger partial charge in [0.05, 0.1) is 19.3 Å². The van der Waals surface area contributed by atoms with E-state index >= 15 is 0 Å². The van der Waals surface area contributed by atoms with Crippen LogP contribution in [-0.4, -0.2) is 37.9 Å². The molecule has 0 aromatic heterocycles. The number of carbonyl (C=O) groups is 1. The molecule has 1 aliphatic heterocycles. The van der Waals surface area contributed by atoms with Crippen molar-refractivity contribution in [1.29, 1.82) is 0 Å². The van der Waals surface area contributed by atoms with Gasteiger partial charge in [-0.1, -0.05) is 0 Å². The zero-order valence-corrected chi connectivity index (χ0v) is 11.0. The van der Waals surface area contributed by atoms with Gasteiger partial charge in [0.2, 0.25) is 0 Å². The van der Waals surface area contributed by atoms with E-state index in [1.165, 1.54) is 12.1 Å². The Labute approximate surface area is 112 Å². The molecule has 0 radical (unpaired) electrons. The minimum absolute atomic E-state index is 0.206. The number of hydrogen-bond acceptors (Lipinski definition) is 4. The van der Waals surface area contributed by atoms with Crippen LogP contribution in [0.4, 0.5) is 0 Å². The molecule has 1 saturated heterocycles. The highest BCUT2D eigenvalue weighted by Crippen LogP contribution is 2.29. The molecule has 5 heteroatoms. The maximum absolute atomic E-state index is 11.0. The van der Waals surface area contributed by atoms with E-state index in [2.05, 4.69) is 5.32 Å². The van der Waals surface area contributed by atoms with Gasteiger partial charge >= 0.3 is 5.97 Å². The maximum Gasteiger partial charge on any atom is 0.335 e. The molecule has 2 rings (SSSR count). The fourth-order valence-corrected chi connectivity index (χ4v) is 2.20. The first-order valence-electron chi connectivity index (χ1n) is 6.45. The Kier molecular flexibility index (Phi) is 4.63. The largest absolute Gasteiger partial charge is 0.493 e. The Bertz CT molecular complexity index is 441. The fraction of sp³-hybridized carbons (Fsp3) is 0.500. The minimum atomic E-state index is -0.966. The molecule has 104 valence electrons. The van der Waals surface area contributed by atoms with Crippen molar-refractivity contribution in [3.05, 3.63) is 23.8 Å². The highest BCUT2D eigenvalue weighted by molar-refractivity contribution is 5.88. The molecule has 1 aromatic carbocycles. The average Bonchev–Trinajstić information content (AvgIpc) is 2.45. The zero-order valence-electron chi connectivity index (χ0n) is 11.0. The van der Waals surface area contributed by atoms with Gasteiger partial charge in [-0.25, -0.2) is 4.79 Å². The van der Waals surface area contributed by atoms with Crippen molar-refractivity contribution in [2.24, 2.45) is 5.92 Å². The summed E-state index contributed by atoms with van der Waals surface area (Å²) in [5, 5.41) is 12.3. The summed E-state index contributed by atoms with van der Waals surface area (Å²) in [6.07, 6.45) is 2.29. The number of carboxylic acid groups (broad SMARTS) is 1. The van der Waals surface area contributed by atoms with Gasteiger partial charge in [0.1, 0.15) is 0 Å². The van der Waals surface area contributed by atoms with Gasteiger partial charge < -0.3 is 19.9 Å². The molecule has 1 unspecified atom stereocenters. The van der Waals surface area contributed by atoms with E-state index in [4.69, 9.17) is 14.6 Å². The van der Waals surface area contributed by atoms with E-state index in [9.17, 15) is 4.79 Å². The lowest BCUT2D eigenvalue weighted by Crippen LogP contribution is -2.33. The molecule has 1 fully saturated rings. The number of ether oxygens (including phenoxy) is 2. The van der Waals surface area contributed by atoms with Crippen molar-refractivity contribution in [1.82, 2.24) is 5.32 Å². The van der Waals surface area contributed by atoms with Gasteiger partial charge in [0.25, 0.3) is 0 Å². The molecule has 1 aromatic rings. The molecule has 0 amide bonds. The van der Waals surface area contributed by atoms with Crippen LogP contribution in [0.2, 0.25) is 0 Å². The maximum atomic E-state index is 11.0. The number of carboxylic acids is 1. The lowest BCUT2D eigenvalue weighted by atomic mass is 10.0. The number of hydrogen-bond donors (Lipinski definition) is 2. The molecule has 1 atom stereocenters. The van der Waals surface area contributed by atoms with Crippen LogP contribution in [0.3, 0.4) is 0 Å². The summed E-state index contributed by atoms with van der Waals surface area (Å²) in [4.78, 5) is 11.0. The van der Waals surface area contributed by atoms with Crippen LogP contribution in [0, 0.1) is 5.92 Å². The van der Waals surface area contributed by atoms with Gasteiger partial charge in [-0.15, -0.1) is 0 Å². The van der Waals surface area contributed by atoms with E-state index in [0.29, 0.717) is 24.0 Å². The number of aromatic carboxylic acids is 1. The molecule has 0 bridgehead atoms. The predicted octanol–water partition coefficient (Wildman–Crippen LogP) is 1.77. The van der Waals surface area contributed by atoms with Gasteiger partial charge in [0.15, 0.2) is 11.5 Å². The number of benzene rings is 1. The summed E-state index contributed by atoms with van der Waals surface area (Å²) in [5.74, 6) is 0.556. The third-order valence-electron chi connectivity index (χ3n) is 3.28. The molecule has 19 heavy (non-hydrogen) atoms. The lowest BCUT2D eigenvalue weighted by Gasteiger charge is -2.23. The molecular formula is C14H19NO4. The van der Waals surface area contributed by atoms with Crippen LogP contribution >= 0.6 is 0 Å². The molecule has 1 aliphatic rings. The van der Waals surface area contributed by atoms with Crippen LogP contribution in [0.1, 0.15) is 23.2 Å². The second-order valence-electron chi connectivity index (χ2n) is 4.69. The highest BCUT2D eigenvalue weighted by Gasteiger charge is 2.16. The minimum Gasteiger partial charge on any atom is -0.493 e. The van der Waals surface area contributed by atoms with Crippen molar-refractivity contribution in [3.8, 4) is 11.5 Å². The Hall–Kier alpha value is -1.75. The number of piperidine rings is 1. The first kappa shape index (κ1) is 13.7. The third kappa shape index (κ3) is 3.61. The SMILES string of the molecule is COc1ccc(C(=O)O)cc1OCC1CCCNC1. The first-order chi connectivity index (χ1) is 9.20. The van der Waals surface area contributed by atoms with Gasteiger partial charge in [-0.2, -0.15) is 0 Å². The van der Waals surface area contributed by atoms with Gasteiger partial charge in [-0.3, -0.25) is 0 Å². The Balaban J connectivity index is 2.04. The second kappa shape index (κ2) is 6.43. The topological polar surface area (TPSA) is 67.8 Å². The van der Waals surface area contributed by atoms with Crippen molar-refractivity contribution in [2.75, 3.05) is 26.8 Å². The van der Waals surface area contributed by atoms with Crippen molar-refractivity contribution < 1.29 is 19.4 Å². The van der Waals surface area contributed by atoms with Crippen LogP contribution < -0.4 is 14.8 Å². The summed E-state index contributed by atoms with van der Waals surface area (Å²) in [6, 6.07) is 4.64. The highest BCUT2D eigenvalue weighted by atomic mass is 16.5. The monoisotopic (exact) mass is 265 g/mol. The molecular weight excluding hydrogens is 246 g/mol. The smallest absolute Gasteiger partial charge is 0.335 e. The standard InChI is InChI=1S/C14H19NO4/c1-18-12-5-4-11(14(16)17)7-13(12)19-9-10-3-2-6-15-8-10/h4-5,7,10,15H,2-3,6,8-9H2,1H3,(H,16,17). The summed E-state index contributed by atoms with van der Waals surface area (Å²) in [7, 11) is 1.55. The predicted molar refractivity (Wildman–Crippen MR) is 71.0 cm³/mol. The zero-order chi connectivity index (χ0) is 13.7. The van der Waals surface area contributed by atoms with Crippen LogP contribution in [0.15, 0.2) is 18.2 Å². The number of rotatable bonds is 5. The van der Waals surface area contributed by atoms with Gasteiger partial charge in [0, 0.05) is 12.5 Å². The van der Waals surface area contributed by atoms with E-state index in [1.54, 1.807) is 13.2 Å². The molecule has 0 aliphatic carbocycles. The quantitative estimate of drug-likeness (QED) is 0.849. The molecule has 0 spiro atoms. The number of methoxy groups -OCH3 is 1. The lowest BCUT2D eigenvalue weighted by molar-refractivity contribution is 0.0696. The van der Waals surface area contributed by atoms with Gasteiger partial charge in [-0.05, 0) is 37.6 Å².